The summed E-state index contributed by atoms with van der Waals surface area (Å²) in [6, 6.07) is 3.81. The van der Waals surface area contributed by atoms with E-state index in [2.05, 4.69) is 16.7 Å². The molecule has 0 fully saturated rings. The third-order valence-corrected chi connectivity index (χ3v) is 5.90. The van der Waals surface area contributed by atoms with Crippen LogP contribution in [0.4, 0.5) is 10.8 Å². The second-order valence-electron chi connectivity index (χ2n) is 6.51. The van der Waals surface area contributed by atoms with Crippen molar-refractivity contribution in [1.29, 1.82) is 0 Å². The molecule has 3 aromatic rings. The van der Waals surface area contributed by atoms with Crippen molar-refractivity contribution in [2.45, 2.75) is 20.3 Å². The van der Waals surface area contributed by atoms with Crippen molar-refractivity contribution < 1.29 is 14.2 Å². The lowest BCUT2D eigenvalue weighted by Crippen LogP contribution is -2.18. The Kier molecular flexibility index (Phi) is 6.09. The van der Waals surface area contributed by atoms with Crippen molar-refractivity contribution >= 4 is 32.4 Å². The van der Waals surface area contributed by atoms with Crippen LogP contribution in [-0.2, 0) is 6.42 Å². The molecule has 0 bridgehead atoms. The van der Waals surface area contributed by atoms with Crippen molar-refractivity contribution in [3.63, 3.8) is 0 Å². The van der Waals surface area contributed by atoms with Crippen LogP contribution in [0.25, 0.3) is 15.1 Å². The van der Waals surface area contributed by atoms with Gasteiger partial charge in [0.2, 0.25) is 10.8 Å². The van der Waals surface area contributed by atoms with Crippen molar-refractivity contribution in [3.8, 4) is 17.2 Å². The summed E-state index contributed by atoms with van der Waals surface area (Å²) in [6.07, 6.45) is 0.501. The van der Waals surface area contributed by atoms with Gasteiger partial charge in [-0.2, -0.15) is 0 Å². The standard InChI is InChI=1S/C21H24N4O3S/c1-8-25(4)19-17-12(2)20(22-3)29-21(17)24-16(23-19)11-13-9-14(26-5)18(28-7)15(10-13)27-6/h9-10H,8,11H2,1-2,4-7H3. The van der Waals surface area contributed by atoms with Gasteiger partial charge in [-0.05, 0) is 37.1 Å². The SMILES string of the molecule is [C-]#[N+]c1sc2nc(Cc3cc(OC)c(OC)c(OC)c3)nc(N(C)CC)c2c1C. The van der Waals surface area contributed by atoms with Gasteiger partial charge >= 0.3 is 0 Å². The van der Waals surface area contributed by atoms with E-state index in [1.807, 2.05) is 26.1 Å². The van der Waals surface area contributed by atoms with Crippen LogP contribution in [0.3, 0.4) is 0 Å². The molecule has 0 atom stereocenters. The van der Waals surface area contributed by atoms with Gasteiger partial charge in [0.15, 0.2) is 11.5 Å². The molecule has 0 aliphatic rings. The largest absolute Gasteiger partial charge is 0.493 e. The molecular formula is C21H24N4O3S. The molecule has 7 nitrogen and oxygen atoms in total. The van der Waals surface area contributed by atoms with E-state index in [1.165, 1.54) is 11.3 Å². The molecule has 2 aromatic heterocycles. The van der Waals surface area contributed by atoms with Crippen molar-refractivity contribution in [2.75, 3.05) is 39.8 Å². The highest BCUT2D eigenvalue weighted by Crippen LogP contribution is 2.41. The predicted octanol–water partition coefficient (Wildman–Crippen LogP) is 4.62. The second kappa shape index (κ2) is 8.53. The first kappa shape index (κ1) is 20.7. The molecule has 0 saturated heterocycles. The van der Waals surface area contributed by atoms with Gasteiger partial charge < -0.3 is 19.1 Å². The molecule has 0 aliphatic carbocycles. The smallest absolute Gasteiger partial charge is 0.246 e. The number of hydrogen-bond donors (Lipinski definition) is 0. The van der Waals surface area contributed by atoms with E-state index in [4.69, 9.17) is 30.8 Å². The average molecular weight is 413 g/mol. The summed E-state index contributed by atoms with van der Waals surface area (Å²) in [7, 11) is 6.77. The Hall–Kier alpha value is -3.05. The Balaban J connectivity index is 2.13. The van der Waals surface area contributed by atoms with Crippen molar-refractivity contribution in [2.24, 2.45) is 0 Å². The summed E-state index contributed by atoms with van der Waals surface area (Å²) in [4.78, 5) is 16.2. The maximum atomic E-state index is 7.43. The number of rotatable bonds is 7. The molecule has 0 radical (unpaired) electrons. The van der Waals surface area contributed by atoms with Gasteiger partial charge in [0, 0.05) is 25.4 Å². The van der Waals surface area contributed by atoms with Crippen LogP contribution in [0.5, 0.6) is 17.2 Å². The number of thiophene rings is 1. The van der Waals surface area contributed by atoms with Crippen LogP contribution < -0.4 is 19.1 Å². The van der Waals surface area contributed by atoms with E-state index in [1.54, 1.807) is 21.3 Å². The molecule has 3 rings (SSSR count). The molecule has 0 amide bonds. The normalized spacial score (nSPS) is 10.7. The lowest BCUT2D eigenvalue weighted by Gasteiger charge is -2.18. The van der Waals surface area contributed by atoms with Crippen LogP contribution in [-0.4, -0.2) is 44.9 Å². The maximum Gasteiger partial charge on any atom is 0.246 e. The van der Waals surface area contributed by atoms with Crippen LogP contribution in [0, 0.1) is 13.5 Å². The molecule has 0 spiro atoms. The van der Waals surface area contributed by atoms with Gasteiger partial charge in [-0.3, -0.25) is 0 Å². The monoisotopic (exact) mass is 412 g/mol. The summed E-state index contributed by atoms with van der Waals surface area (Å²) in [5.74, 6) is 3.27. The quantitative estimate of drug-likeness (QED) is 0.528. The lowest BCUT2D eigenvalue weighted by atomic mass is 10.1. The first-order chi connectivity index (χ1) is 14.0. The topological polar surface area (TPSA) is 61.1 Å². The number of ether oxygens (including phenoxy) is 3. The van der Waals surface area contributed by atoms with Gasteiger partial charge in [-0.15, -0.1) is 11.3 Å². The van der Waals surface area contributed by atoms with E-state index in [0.29, 0.717) is 34.5 Å². The summed E-state index contributed by atoms with van der Waals surface area (Å²) in [6.45, 7) is 12.3. The van der Waals surface area contributed by atoms with E-state index >= 15 is 0 Å². The summed E-state index contributed by atoms with van der Waals surface area (Å²) in [5.41, 5.74) is 1.89. The van der Waals surface area contributed by atoms with Crippen LogP contribution in [0.2, 0.25) is 0 Å². The van der Waals surface area contributed by atoms with Gasteiger partial charge in [-0.1, -0.05) is 0 Å². The third-order valence-electron chi connectivity index (χ3n) is 4.82. The minimum Gasteiger partial charge on any atom is -0.493 e. The molecule has 29 heavy (non-hydrogen) atoms. The predicted molar refractivity (Wildman–Crippen MR) is 116 cm³/mol. The Bertz CT molecular complexity index is 1060. The van der Waals surface area contributed by atoms with E-state index in [-0.39, 0.29) is 0 Å². The number of benzene rings is 1. The average Bonchev–Trinajstić information content (AvgIpc) is 3.07. The summed E-state index contributed by atoms with van der Waals surface area (Å²) >= 11 is 1.41. The van der Waals surface area contributed by atoms with Crippen LogP contribution >= 0.6 is 11.3 Å². The number of anilines is 1. The lowest BCUT2D eigenvalue weighted by molar-refractivity contribution is 0.324. The van der Waals surface area contributed by atoms with Crippen LogP contribution in [0.15, 0.2) is 12.1 Å². The second-order valence-corrected chi connectivity index (χ2v) is 7.49. The zero-order chi connectivity index (χ0) is 21.1. The highest BCUT2D eigenvalue weighted by atomic mass is 32.1. The first-order valence-electron chi connectivity index (χ1n) is 9.14. The highest BCUT2D eigenvalue weighted by Gasteiger charge is 2.19. The number of nitrogens with zero attached hydrogens (tertiary/aromatic N) is 4. The minimum atomic E-state index is 0.501. The van der Waals surface area contributed by atoms with Crippen molar-refractivity contribution in [1.82, 2.24) is 9.97 Å². The van der Waals surface area contributed by atoms with Gasteiger partial charge in [0.05, 0.1) is 27.9 Å². The Morgan fingerprint density at radius 1 is 1.10 bits per heavy atom. The molecule has 0 aliphatic heterocycles. The van der Waals surface area contributed by atoms with E-state index in [0.717, 1.165) is 33.7 Å². The Labute approximate surface area is 174 Å². The fourth-order valence-corrected chi connectivity index (χ4v) is 4.16. The number of methoxy groups -OCH3 is 3. The molecule has 152 valence electrons. The number of fused-ring (bicyclic) bond motifs is 1. The fourth-order valence-electron chi connectivity index (χ4n) is 3.18. The fraction of sp³-hybridized carbons (Fsp3) is 0.381. The molecule has 0 N–H and O–H groups in total. The molecule has 2 heterocycles. The van der Waals surface area contributed by atoms with E-state index in [9.17, 15) is 0 Å². The minimum absolute atomic E-state index is 0.501. The summed E-state index contributed by atoms with van der Waals surface area (Å²) < 4.78 is 16.3. The number of hydrogen-bond acceptors (Lipinski definition) is 7. The zero-order valence-corrected chi connectivity index (χ0v) is 18.3. The van der Waals surface area contributed by atoms with Crippen LogP contribution in [0.1, 0.15) is 23.9 Å². The van der Waals surface area contributed by atoms with Gasteiger partial charge in [-0.25, -0.2) is 14.8 Å². The van der Waals surface area contributed by atoms with E-state index < -0.39 is 0 Å². The molecular weight excluding hydrogens is 388 g/mol. The Morgan fingerprint density at radius 2 is 1.76 bits per heavy atom. The van der Waals surface area contributed by atoms with Gasteiger partial charge in [0.1, 0.15) is 16.5 Å². The highest BCUT2D eigenvalue weighted by molar-refractivity contribution is 7.22. The number of aromatic nitrogens is 2. The molecule has 0 saturated carbocycles. The summed E-state index contributed by atoms with van der Waals surface area (Å²) in [5, 5.41) is 1.61. The maximum absolute atomic E-state index is 7.43. The first-order valence-corrected chi connectivity index (χ1v) is 9.96. The molecule has 8 heteroatoms. The van der Waals surface area contributed by atoms with Gasteiger partial charge in [0.25, 0.3) is 0 Å². The number of aryl methyl sites for hydroxylation is 1. The Morgan fingerprint density at radius 3 is 2.28 bits per heavy atom. The van der Waals surface area contributed by atoms with Crippen molar-refractivity contribution in [3.05, 3.63) is 40.5 Å². The zero-order valence-electron chi connectivity index (χ0n) is 17.5. The molecule has 1 aromatic carbocycles. The third kappa shape index (κ3) is 3.78. The molecule has 0 unspecified atom stereocenters.